The van der Waals surface area contributed by atoms with E-state index < -0.39 is 10.0 Å². The van der Waals surface area contributed by atoms with Gasteiger partial charge in [0.25, 0.3) is 10.0 Å². The molecule has 2 aromatic rings. The van der Waals surface area contributed by atoms with Gasteiger partial charge in [-0.1, -0.05) is 19.1 Å². The molecule has 0 atom stereocenters. The van der Waals surface area contributed by atoms with Gasteiger partial charge in [0.1, 0.15) is 4.90 Å². The summed E-state index contributed by atoms with van der Waals surface area (Å²) in [5.74, 6) is 0. The average molecular weight is 389 g/mol. The Labute approximate surface area is 137 Å². The molecule has 4 nitrogen and oxygen atoms in total. The number of hydrogen-bond acceptors (Lipinski definition) is 4. The highest BCUT2D eigenvalue weighted by molar-refractivity contribution is 9.10. The van der Waals surface area contributed by atoms with Gasteiger partial charge in [-0.25, -0.2) is 8.42 Å². The molecule has 0 radical (unpaired) electrons. The zero-order chi connectivity index (χ0) is 15.5. The number of anilines is 1. The highest BCUT2D eigenvalue weighted by Crippen LogP contribution is 2.29. The van der Waals surface area contributed by atoms with E-state index in [9.17, 15) is 8.42 Å². The topological polar surface area (TPSA) is 58.2 Å². The van der Waals surface area contributed by atoms with E-state index >= 15 is 0 Å². The van der Waals surface area contributed by atoms with Crippen LogP contribution >= 0.6 is 27.3 Å². The van der Waals surface area contributed by atoms with Gasteiger partial charge < -0.3 is 5.32 Å². The van der Waals surface area contributed by atoms with Crippen molar-refractivity contribution >= 4 is 43.0 Å². The number of rotatable bonds is 6. The smallest absolute Gasteiger partial charge is 0.263 e. The lowest BCUT2D eigenvalue weighted by atomic mass is 10.3. The molecule has 0 fully saturated rings. The molecule has 0 saturated heterocycles. The Morgan fingerprint density at radius 2 is 2.00 bits per heavy atom. The number of hydrogen-bond donors (Lipinski definition) is 2. The Balaban J connectivity index is 2.27. The van der Waals surface area contributed by atoms with Crippen LogP contribution in [-0.2, 0) is 16.6 Å². The fourth-order valence-corrected chi connectivity index (χ4v) is 5.07. The molecule has 21 heavy (non-hydrogen) atoms. The fourth-order valence-electron chi connectivity index (χ4n) is 1.87. The maximum Gasteiger partial charge on any atom is 0.263 e. The third-order valence-electron chi connectivity index (χ3n) is 2.88. The van der Waals surface area contributed by atoms with Crippen molar-refractivity contribution < 1.29 is 8.42 Å². The highest BCUT2D eigenvalue weighted by Gasteiger charge is 2.20. The zero-order valence-electron chi connectivity index (χ0n) is 11.8. The Morgan fingerprint density at radius 3 is 2.67 bits per heavy atom. The van der Waals surface area contributed by atoms with E-state index in [0.717, 1.165) is 16.3 Å². The summed E-state index contributed by atoms with van der Waals surface area (Å²) in [6, 6.07) is 8.89. The summed E-state index contributed by atoms with van der Waals surface area (Å²) in [7, 11) is -3.57. The first-order valence-electron chi connectivity index (χ1n) is 6.51. The standard InChI is InChI=1S/C14H17BrN2O2S2/c1-3-16-9-11-8-14(10(2)20-11)21(18,19)17-13-7-5-4-6-12(13)15/h4-8,16-17H,3,9H2,1-2H3. The number of para-hydroxylation sites is 1. The molecular weight excluding hydrogens is 372 g/mol. The van der Waals surface area contributed by atoms with Gasteiger partial charge in [0.2, 0.25) is 0 Å². The van der Waals surface area contributed by atoms with E-state index in [1.54, 1.807) is 24.3 Å². The SMILES string of the molecule is CCNCc1cc(S(=O)(=O)Nc2ccccc2Br)c(C)s1. The van der Waals surface area contributed by atoms with Crippen molar-refractivity contribution in [2.24, 2.45) is 0 Å². The largest absolute Gasteiger partial charge is 0.312 e. The van der Waals surface area contributed by atoms with Gasteiger partial charge in [-0.15, -0.1) is 11.3 Å². The van der Waals surface area contributed by atoms with E-state index in [0.29, 0.717) is 21.6 Å². The van der Waals surface area contributed by atoms with Crippen molar-refractivity contribution in [3.05, 3.63) is 44.6 Å². The first-order valence-corrected chi connectivity index (χ1v) is 9.60. The van der Waals surface area contributed by atoms with Crippen LogP contribution in [0.3, 0.4) is 0 Å². The molecule has 114 valence electrons. The number of thiophene rings is 1. The molecule has 7 heteroatoms. The number of sulfonamides is 1. The third-order valence-corrected chi connectivity index (χ3v) is 6.24. The summed E-state index contributed by atoms with van der Waals surface area (Å²) in [6.45, 7) is 5.39. The van der Waals surface area contributed by atoms with E-state index in [4.69, 9.17) is 0 Å². The normalized spacial score (nSPS) is 11.6. The molecule has 0 amide bonds. The van der Waals surface area contributed by atoms with Gasteiger partial charge in [0, 0.05) is 20.8 Å². The second-order valence-corrected chi connectivity index (χ2v) is 8.34. The minimum Gasteiger partial charge on any atom is -0.312 e. The van der Waals surface area contributed by atoms with Crippen molar-refractivity contribution in [1.29, 1.82) is 0 Å². The van der Waals surface area contributed by atoms with Crippen LogP contribution in [0.25, 0.3) is 0 Å². The van der Waals surface area contributed by atoms with Crippen LogP contribution in [0.2, 0.25) is 0 Å². The summed E-state index contributed by atoms with van der Waals surface area (Å²) in [4.78, 5) is 2.15. The van der Waals surface area contributed by atoms with Gasteiger partial charge >= 0.3 is 0 Å². The maximum absolute atomic E-state index is 12.5. The summed E-state index contributed by atoms with van der Waals surface area (Å²) >= 11 is 4.85. The van der Waals surface area contributed by atoms with E-state index in [1.807, 2.05) is 19.9 Å². The quantitative estimate of drug-likeness (QED) is 0.792. The minimum absolute atomic E-state index is 0.344. The van der Waals surface area contributed by atoms with Crippen LogP contribution in [-0.4, -0.2) is 15.0 Å². The van der Waals surface area contributed by atoms with Gasteiger partial charge in [0.15, 0.2) is 0 Å². The molecule has 2 N–H and O–H groups in total. The number of nitrogens with one attached hydrogen (secondary N) is 2. The second-order valence-electron chi connectivity index (χ2n) is 4.50. The van der Waals surface area contributed by atoms with Crippen LogP contribution in [0.4, 0.5) is 5.69 Å². The Bertz CT molecular complexity index is 726. The minimum atomic E-state index is -3.57. The van der Waals surface area contributed by atoms with Crippen molar-refractivity contribution in [3.63, 3.8) is 0 Å². The first-order chi connectivity index (χ1) is 9.94. The summed E-state index contributed by atoms with van der Waals surface area (Å²) in [5.41, 5.74) is 0.538. The highest BCUT2D eigenvalue weighted by atomic mass is 79.9. The molecule has 0 bridgehead atoms. The molecule has 0 saturated carbocycles. The van der Waals surface area contributed by atoms with Crippen LogP contribution in [0, 0.1) is 6.92 Å². The Hall–Kier alpha value is -0.890. The molecule has 1 aromatic heterocycles. The fraction of sp³-hybridized carbons (Fsp3) is 0.286. The lowest BCUT2D eigenvalue weighted by Gasteiger charge is -2.09. The van der Waals surface area contributed by atoms with Gasteiger partial charge in [-0.05, 0) is 47.6 Å². The van der Waals surface area contributed by atoms with Crippen molar-refractivity contribution in [1.82, 2.24) is 5.32 Å². The van der Waals surface area contributed by atoms with E-state index in [1.165, 1.54) is 11.3 Å². The van der Waals surface area contributed by atoms with Gasteiger partial charge in [-0.3, -0.25) is 4.72 Å². The summed E-state index contributed by atoms with van der Waals surface area (Å²) in [5, 5.41) is 3.20. The van der Waals surface area contributed by atoms with Crippen molar-refractivity contribution in [2.75, 3.05) is 11.3 Å². The summed E-state index contributed by atoms with van der Waals surface area (Å²) in [6.07, 6.45) is 0. The van der Waals surface area contributed by atoms with Crippen molar-refractivity contribution in [2.45, 2.75) is 25.3 Å². The Morgan fingerprint density at radius 1 is 1.29 bits per heavy atom. The van der Waals surface area contributed by atoms with Crippen LogP contribution in [0.15, 0.2) is 39.7 Å². The molecule has 2 rings (SSSR count). The van der Waals surface area contributed by atoms with Crippen LogP contribution in [0.5, 0.6) is 0 Å². The number of aryl methyl sites for hydroxylation is 1. The van der Waals surface area contributed by atoms with E-state index in [2.05, 4.69) is 26.0 Å². The molecule has 1 aromatic carbocycles. The van der Waals surface area contributed by atoms with E-state index in [-0.39, 0.29) is 0 Å². The lowest BCUT2D eigenvalue weighted by Crippen LogP contribution is -2.14. The Kier molecular flexibility index (Phi) is 5.43. The predicted molar refractivity (Wildman–Crippen MR) is 91.4 cm³/mol. The monoisotopic (exact) mass is 388 g/mol. The number of halogens is 1. The molecule has 0 unspecified atom stereocenters. The van der Waals surface area contributed by atoms with Gasteiger partial charge in [-0.2, -0.15) is 0 Å². The summed E-state index contributed by atoms with van der Waals surface area (Å²) < 4.78 is 28.4. The predicted octanol–water partition coefficient (Wildman–Crippen LogP) is 3.73. The third kappa shape index (κ3) is 4.06. The molecular formula is C14H17BrN2O2S2. The number of benzene rings is 1. The molecule has 0 aliphatic heterocycles. The molecule has 0 aliphatic rings. The zero-order valence-corrected chi connectivity index (χ0v) is 15.0. The first kappa shape index (κ1) is 16.5. The second kappa shape index (κ2) is 6.91. The molecule has 0 spiro atoms. The lowest BCUT2D eigenvalue weighted by molar-refractivity contribution is 0.601. The van der Waals surface area contributed by atoms with Crippen LogP contribution in [0.1, 0.15) is 16.7 Å². The molecule has 0 aliphatic carbocycles. The molecule has 1 heterocycles. The average Bonchev–Trinajstić information content (AvgIpc) is 2.81. The maximum atomic E-state index is 12.5. The van der Waals surface area contributed by atoms with Crippen molar-refractivity contribution in [3.8, 4) is 0 Å². The van der Waals surface area contributed by atoms with Crippen LogP contribution < -0.4 is 10.0 Å². The van der Waals surface area contributed by atoms with Gasteiger partial charge in [0.05, 0.1) is 5.69 Å².